The Morgan fingerprint density at radius 1 is 1.03 bits per heavy atom. The van der Waals surface area contributed by atoms with Crippen molar-refractivity contribution in [2.45, 2.75) is 6.92 Å². The molecule has 0 saturated carbocycles. The quantitative estimate of drug-likeness (QED) is 0.623. The minimum absolute atomic E-state index is 0.203. The third-order valence-electron chi connectivity index (χ3n) is 4.01. The maximum Gasteiger partial charge on any atom is 0.263 e. The van der Waals surface area contributed by atoms with E-state index < -0.39 is 17.1 Å². The summed E-state index contributed by atoms with van der Waals surface area (Å²) in [4.78, 5) is 12.2. The number of para-hydroxylation sites is 1. The van der Waals surface area contributed by atoms with Crippen molar-refractivity contribution in [2.24, 2.45) is 0 Å². The van der Waals surface area contributed by atoms with Crippen LogP contribution in [0.25, 0.3) is 11.1 Å². The lowest BCUT2D eigenvalue weighted by Crippen LogP contribution is -2.34. The molecule has 0 bridgehead atoms. The van der Waals surface area contributed by atoms with Gasteiger partial charge in [-0.15, -0.1) is 0 Å². The molecule has 7 heteroatoms. The minimum Gasteiger partial charge on any atom is -0.455 e. The molecule has 0 aliphatic heterocycles. The number of rotatable bonds is 7. The molecule has 0 spiro atoms. The summed E-state index contributed by atoms with van der Waals surface area (Å²) < 4.78 is 22.6. The van der Waals surface area contributed by atoms with Gasteiger partial charge in [-0.05, 0) is 29.8 Å². The van der Waals surface area contributed by atoms with Crippen LogP contribution in [-0.4, -0.2) is 16.7 Å². The predicted molar refractivity (Wildman–Crippen MR) is 112 cm³/mol. The van der Waals surface area contributed by atoms with Crippen LogP contribution in [0.1, 0.15) is 22.8 Å². The van der Waals surface area contributed by atoms with Crippen molar-refractivity contribution >= 4 is 17.1 Å². The van der Waals surface area contributed by atoms with Crippen LogP contribution >= 0.6 is 0 Å². The first-order valence-electron chi connectivity index (χ1n) is 8.95. The monoisotopic (exact) mass is 405 g/mol. The number of hydrogen-bond acceptors (Lipinski definition) is 4. The Labute approximate surface area is 171 Å². The molecule has 0 heterocycles. The molecule has 6 nitrogen and oxygen atoms in total. The second kappa shape index (κ2) is 9.64. The van der Waals surface area contributed by atoms with Crippen LogP contribution < -0.4 is 14.2 Å². The fourth-order valence-corrected chi connectivity index (χ4v) is 3.31. The molecule has 0 radical (unpaired) electrons. The van der Waals surface area contributed by atoms with Gasteiger partial charge in [-0.1, -0.05) is 55.5 Å². The van der Waals surface area contributed by atoms with Gasteiger partial charge in [-0.3, -0.25) is 9.52 Å². The van der Waals surface area contributed by atoms with E-state index in [4.69, 9.17) is 4.74 Å². The summed E-state index contributed by atoms with van der Waals surface area (Å²) >= 11 is -1.68. The van der Waals surface area contributed by atoms with E-state index in [0.29, 0.717) is 18.0 Å². The molecule has 0 aliphatic rings. The number of ether oxygens (including phenoxy) is 1. The van der Waals surface area contributed by atoms with Crippen molar-refractivity contribution in [3.8, 4) is 28.7 Å². The van der Waals surface area contributed by atoms with Crippen molar-refractivity contribution in [2.75, 3.05) is 6.54 Å². The molecular formula is C22H19N3O3S. The van der Waals surface area contributed by atoms with Gasteiger partial charge in [0.15, 0.2) is 11.2 Å². The van der Waals surface area contributed by atoms with Gasteiger partial charge >= 0.3 is 0 Å². The molecule has 0 saturated heterocycles. The van der Waals surface area contributed by atoms with Gasteiger partial charge in [0.1, 0.15) is 17.6 Å². The van der Waals surface area contributed by atoms with Gasteiger partial charge in [0.2, 0.25) is 0 Å². The molecule has 146 valence electrons. The van der Waals surface area contributed by atoms with Crippen molar-refractivity contribution in [1.29, 1.82) is 5.26 Å². The number of nitrogens with zero attached hydrogens (tertiary/aromatic N) is 1. The second-order valence-electron chi connectivity index (χ2n) is 5.98. The zero-order valence-electron chi connectivity index (χ0n) is 15.7. The smallest absolute Gasteiger partial charge is 0.263 e. The molecule has 0 fully saturated rings. The lowest BCUT2D eigenvalue weighted by Gasteiger charge is -2.13. The van der Waals surface area contributed by atoms with Crippen LogP contribution in [0.15, 0.2) is 72.8 Å². The average molecular weight is 405 g/mol. The number of benzene rings is 3. The lowest BCUT2D eigenvalue weighted by atomic mass is 10.0. The third kappa shape index (κ3) is 5.08. The summed E-state index contributed by atoms with van der Waals surface area (Å²) in [6, 6.07) is 23.9. The van der Waals surface area contributed by atoms with Gasteiger partial charge in [0, 0.05) is 17.7 Å². The number of carbonyl (C=O) groups excluding carboxylic acids is 1. The van der Waals surface area contributed by atoms with Crippen molar-refractivity contribution < 1.29 is 13.7 Å². The fraction of sp³-hybridized carbons (Fsp3) is 0.0909. The summed E-state index contributed by atoms with van der Waals surface area (Å²) in [6.45, 7) is 2.22. The van der Waals surface area contributed by atoms with E-state index in [1.54, 1.807) is 13.0 Å². The van der Waals surface area contributed by atoms with Crippen LogP contribution in [0.4, 0.5) is 0 Å². The first-order chi connectivity index (χ1) is 14.1. The summed E-state index contributed by atoms with van der Waals surface area (Å²) in [5.74, 6) is 0.387. The molecule has 0 aliphatic carbocycles. The fourth-order valence-electron chi connectivity index (χ4n) is 2.69. The Bertz CT molecular complexity index is 1080. The highest BCUT2D eigenvalue weighted by Crippen LogP contribution is 2.34. The number of carbonyl (C=O) groups is 1. The van der Waals surface area contributed by atoms with Crippen molar-refractivity contribution in [3.63, 3.8) is 0 Å². The van der Waals surface area contributed by atoms with E-state index in [0.717, 1.165) is 11.1 Å². The number of amides is 1. The summed E-state index contributed by atoms with van der Waals surface area (Å²) in [5.41, 5.74) is 2.30. The van der Waals surface area contributed by atoms with E-state index in [-0.39, 0.29) is 11.1 Å². The maximum absolute atomic E-state index is 12.2. The second-order valence-corrected chi connectivity index (χ2v) is 7.02. The molecule has 29 heavy (non-hydrogen) atoms. The van der Waals surface area contributed by atoms with Crippen LogP contribution in [0.5, 0.6) is 11.5 Å². The molecule has 1 amide bonds. The van der Waals surface area contributed by atoms with Gasteiger partial charge in [-0.2, -0.15) is 5.26 Å². The molecule has 3 aromatic rings. The molecule has 3 aromatic carbocycles. The minimum atomic E-state index is -1.68. The summed E-state index contributed by atoms with van der Waals surface area (Å²) in [7, 11) is 0. The largest absolute Gasteiger partial charge is 0.455 e. The van der Waals surface area contributed by atoms with Crippen molar-refractivity contribution in [3.05, 3.63) is 83.9 Å². The SMILES string of the molecule is CCNS(=O)NC(=O)c1ccc(Oc2ccccc2-c2ccccc2)c(C#N)c1. The molecule has 0 aromatic heterocycles. The summed E-state index contributed by atoms with van der Waals surface area (Å²) in [6.07, 6.45) is 0. The number of hydrogen-bond donors (Lipinski definition) is 2. The van der Waals surface area contributed by atoms with Gasteiger partial charge in [-0.25, -0.2) is 8.93 Å². The maximum atomic E-state index is 12.2. The van der Waals surface area contributed by atoms with Crippen LogP contribution in [0.2, 0.25) is 0 Å². The van der Waals surface area contributed by atoms with Gasteiger partial charge in [0.25, 0.3) is 5.91 Å². The topological polar surface area (TPSA) is 91.2 Å². The number of nitriles is 1. The Balaban J connectivity index is 1.87. The van der Waals surface area contributed by atoms with Crippen molar-refractivity contribution in [1.82, 2.24) is 9.44 Å². The van der Waals surface area contributed by atoms with Crippen LogP contribution in [0.3, 0.4) is 0 Å². The summed E-state index contributed by atoms with van der Waals surface area (Å²) in [5, 5.41) is 9.52. The first-order valence-corrected chi connectivity index (χ1v) is 10.1. The molecular weight excluding hydrogens is 386 g/mol. The highest BCUT2D eigenvalue weighted by molar-refractivity contribution is 7.81. The van der Waals surface area contributed by atoms with E-state index in [9.17, 15) is 14.3 Å². The molecule has 2 N–H and O–H groups in total. The average Bonchev–Trinajstić information content (AvgIpc) is 2.75. The van der Waals surface area contributed by atoms with E-state index in [1.807, 2.05) is 54.6 Å². The van der Waals surface area contributed by atoms with Crippen LogP contribution in [-0.2, 0) is 11.2 Å². The van der Waals surface area contributed by atoms with Gasteiger partial charge < -0.3 is 4.74 Å². The Hall–Kier alpha value is -3.47. The molecule has 3 rings (SSSR count). The lowest BCUT2D eigenvalue weighted by molar-refractivity contribution is 0.0982. The Morgan fingerprint density at radius 2 is 1.76 bits per heavy atom. The van der Waals surface area contributed by atoms with E-state index >= 15 is 0 Å². The number of nitrogens with one attached hydrogen (secondary N) is 2. The van der Waals surface area contributed by atoms with E-state index in [2.05, 4.69) is 15.5 Å². The van der Waals surface area contributed by atoms with E-state index in [1.165, 1.54) is 12.1 Å². The highest BCUT2D eigenvalue weighted by atomic mass is 32.2. The first kappa shape index (κ1) is 20.3. The zero-order chi connectivity index (χ0) is 20.6. The zero-order valence-corrected chi connectivity index (χ0v) is 16.5. The normalized spacial score (nSPS) is 11.3. The van der Waals surface area contributed by atoms with Gasteiger partial charge in [0.05, 0.1) is 5.56 Å². The Kier molecular flexibility index (Phi) is 6.74. The molecule has 1 unspecified atom stereocenters. The molecule has 1 atom stereocenters. The van der Waals surface area contributed by atoms with Crippen LogP contribution in [0, 0.1) is 11.3 Å². The predicted octanol–water partition coefficient (Wildman–Crippen LogP) is 3.94. The Morgan fingerprint density at radius 3 is 2.48 bits per heavy atom. The third-order valence-corrected chi connectivity index (χ3v) is 4.94. The standard InChI is InChI=1S/C22H19N3O3S/c1-2-24-29(27)25-22(26)17-12-13-20(18(14-17)15-23)28-21-11-7-6-10-19(21)16-8-4-3-5-9-16/h3-14,24H,2H2,1H3,(H,25,26). The highest BCUT2D eigenvalue weighted by Gasteiger charge is 2.14.